The normalized spacial score (nSPS) is 23.0. The van der Waals surface area contributed by atoms with Gasteiger partial charge in [0.05, 0.1) is 25.7 Å². The van der Waals surface area contributed by atoms with E-state index in [1.165, 1.54) is 38.2 Å². The van der Waals surface area contributed by atoms with Gasteiger partial charge in [0, 0.05) is 87.2 Å². The molecule has 11 rings (SSSR count). The van der Waals surface area contributed by atoms with E-state index in [9.17, 15) is 101 Å². The van der Waals surface area contributed by atoms with Gasteiger partial charge in [0.2, 0.25) is 118 Å². The molecular formula is C75H106N20O22. The van der Waals surface area contributed by atoms with E-state index < -0.39 is 174 Å². The van der Waals surface area contributed by atoms with Gasteiger partial charge in [0.25, 0.3) is 0 Å². The Balaban J connectivity index is 0.000000197. The summed E-state index contributed by atoms with van der Waals surface area (Å²) in [4.78, 5) is 259. The van der Waals surface area contributed by atoms with Gasteiger partial charge in [-0.25, -0.2) is 4.79 Å². The monoisotopic (exact) mass is 1640 g/mol. The lowest BCUT2D eigenvalue weighted by Gasteiger charge is -2.30. The number of carbonyl (C=O) groups is 20. The van der Waals surface area contributed by atoms with Crippen LogP contribution in [0.4, 0.5) is 5.69 Å². The summed E-state index contributed by atoms with van der Waals surface area (Å²) in [5.74, 6) is -9.96. The topological polar surface area (TPSA) is 647 Å². The lowest BCUT2D eigenvalue weighted by molar-refractivity contribution is -0.142. The van der Waals surface area contributed by atoms with Crippen molar-refractivity contribution in [2.75, 3.05) is 31.5 Å². The molecule has 1 aromatic heterocycles. The maximum atomic E-state index is 13.3. The van der Waals surface area contributed by atoms with Crippen LogP contribution in [0.5, 0.6) is 0 Å². The predicted octanol–water partition coefficient (Wildman–Crippen LogP) is -6.02. The first-order valence-corrected chi connectivity index (χ1v) is 39.4. The molecule has 0 spiro atoms. The van der Waals surface area contributed by atoms with Crippen LogP contribution in [0.25, 0.3) is 11.0 Å². The van der Waals surface area contributed by atoms with E-state index in [4.69, 9.17) is 33.1 Å². The van der Waals surface area contributed by atoms with Crippen LogP contribution in [0.2, 0.25) is 0 Å². The summed E-state index contributed by atoms with van der Waals surface area (Å²) in [5.41, 5.74) is 27.2. The van der Waals surface area contributed by atoms with Crippen molar-refractivity contribution in [1.82, 2.24) is 72.8 Å². The number of primary amides is 5. The third-order valence-electron chi connectivity index (χ3n) is 21.3. The van der Waals surface area contributed by atoms with Crippen molar-refractivity contribution in [2.45, 2.75) is 266 Å². The highest BCUT2D eigenvalue weighted by molar-refractivity contribution is 6.03. The van der Waals surface area contributed by atoms with Crippen LogP contribution in [0, 0.1) is 6.92 Å². The fraction of sp³-hybridized carbons (Fsp3) is 0.613. The van der Waals surface area contributed by atoms with Gasteiger partial charge in [-0.15, -0.1) is 0 Å². The summed E-state index contributed by atoms with van der Waals surface area (Å²) < 4.78 is 5.22. The molecule has 1 aliphatic carbocycles. The Hall–Kier alpha value is -12.2. The molecule has 1 aromatic carbocycles. The van der Waals surface area contributed by atoms with Crippen molar-refractivity contribution in [1.29, 1.82) is 0 Å². The number of nitrogens with zero attached hydrogens (tertiary/aromatic N) is 4. The van der Waals surface area contributed by atoms with Gasteiger partial charge in [-0.05, 0) is 128 Å². The van der Waals surface area contributed by atoms with Crippen molar-refractivity contribution in [2.24, 2.45) is 28.7 Å². The number of nitrogens with two attached hydrogens (primary N) is 5. The zero-order valence-electron chi connectivity index (χ0n) is 65.6. The Kier molecular flexibility index (Phi) is 32.4. The molecule has 8 saturated heterocycles. The number of anilines is 1. The minimum absolute atomic E-state index is 0.0675. The molecule has 9 heterocycles. The lowest BCUT2D eigenvalue weighted by atomic mass is 9.95. The number of aryl methyl sites for hydroxylation is 1. The first kappa shape index (κ1) is 90.4. The molecule has 12 atom stereocenters. The maximum Gasteiger partial charge on any atom is 0.336 e. The quantitative estimate of drug-likeness (QED) is 0.0370. The van der Waals surface area contributed by atoms with Gasteiger partial charge in [-0.3, -0.25) is 95.9 Å². The maximum absolute atomic E-state index is 13.3. The lowest BCUT2D eigenvalue weighted by Crippen LogP contribution is -2.57. The molecule has 0 bridgehead atoms. The minimum Gasteiger partial charge on any atom is -0.423 e. The minimum atomic E-state index is -1.26. The van der Waals surface area contributed by atoms with Gasteiger partial charge in [0.1, 0.15) is 78.1 Å². The fourth-order valence-electron chi connectivity index (χ4n) is 15.5. The highest BCUT2D eigenvalue weighted by atomic mass is 16.4. The van der Waals surface area contributed by atoms with Crippen LogP contribution in [0.15, 0.2) is 33.5 Å². The first-order valence-electron chi connectivity index (χ1n) is 39.4. The molecule has 8 aliphatic heterocycles. The number of hydrogen-bond donors (Lipinski definition) is 16. The van der Waals surface area contributed by atoms with E-state index in [1.807, 2.05) is 13.8 Å². The van der Waals surface area contributed by atoms with Crippen LogP contribution in [0.1, 0.15) is 180 Å². The van der Waals surface area contributed by atoms with Crippen molar-refractivity contribution in [3.63, 3.8) is 0 Å². The molecule has 9 aliphatic rings. The Morgan fingerprint density at radius 3 is 1.06 bits per heavy atom. The number of fused-ring (bicyclic) bond motifs is 1. The third-order valence-corrected chi connectivity index (χ3v) is 21.3. The SMILES string of the molecule is CC(C)NC(=O)C1CCCN1C(=O)C(CC(N)=O)NC(=O)C1CCC(=O)N1.Cc1cc(=O)oc2cc(NC(=O)C3CCCN3C(=O)C(CC(N)=O)NC(=O)C3CCC(=O)N3)ccc12.NC(=O)CC(NC(=O)C1CCC(=O)N1)C(=O)N1CCCC1C(=O)NC1CCCCC1.NC(=O)CC(NC(=O)C1CCC(=O)N1)C(=O)N1CCCC1C(N)=O. The molecule has 21 N–H and O–H groups in total. The fourth-order valence-corrected chi connectivity index (χ4v) is 15.5. The summed E-state index contributed by atoms with van der Waals surface area (Å²) >= 11 is 0. The molecule has 0 radical (unpaired) electrons. The van der Waals surface area contributed by atoms with E-state index in [0.29, 0.717) is 102 Å². The first-order chi connectivity index (χ1) is 55.4. The second-order valence-electron chi connectivity index (χ2n) is 30.7. The van der Waals surface area contributed by atoms with Crippen molar-refractivity contribution < 1.29 is 100 Å². The molecule has 12 unspecified atom stereocenters. The Bertz CT molecular complexity index is 4240. The van der Waals surface area contributed by atoms with Crippen LogP contribution in [-0.2, 0) is 95.9 Å². The summed E-state index contributed by atoms with van der Waals surface area (Å²) in [6, 6.07) is -4.26. The Morgan fingerprint density at radius 2 is 0.735 bits per heavy atom. The van der Waals surface area contributed by atoms with Gasteiger partial charge >= 0.3 is 5.63 Å². The standard InChI is InChI=1S/C24H27N5O7.C20H31N5O5.C17H27N5O5.C14H21N5O5/c1-12-9-21(32)36-18-10-13(4-5-14(12)18)26-23(34)17-3-2-8-29(17)24(35)16(11-19(25)30)28-22(33)15-6-7-20(31)27-15;21-16(26)11-14(24-18(28)13-8-9-17(27)23-13)20(30)25-10-4-7-15(25)19(29)22-12-5-2-1-3-6-12;1-9(2)19-16(26)12-4-3-7-22(12)17(27)11(8-13(18)23)21-15(25)10-5-6-14(24)20-10;15-10(20)6-8(18-13(23)7-3-4-11(21)17-7)14(24)19-5-1-2-9(19)12(16)22/h4-5,9-10,15-17H,2-3,6-8,11H2,1H3,(H2,25,30)(H,26,34)(H,27,31)(H,28,33);12-15H,1-11H2,(H2,21,26)(H,22,29)(H,23,27)(H,24,28);9-12H,3-8H2,1-2H3,(H2,18,23)(H,19,26)(H,20,24)(H,21,25);7-9H,1-6H2,(H2,15,20)(H2,16,22)(H,17,21)(H,18,23). The van der Waals surface area contributed by atoms with Crippen LogP contribution in [-0.4, -0.2) is 249 Å². The zero-order chi connectivity index (χ0) is 85.6. The molecular weight excluding hydrogens is 1530 g/mol. The summed E-state index contributed by atoms with van der Waals surface area (Å²) in [5, 5.41) is 29.4. The molecule has 42 nitrogen and oxygen atoms in total. The van der Waals surface area contributed by atoms with Crippen LogP contribution < -0.4 is 92.8 Å². The number of rotatable bonds is 27. The third kappa shape index (κ3) is 25.7. The molecule has 2 aromatic rings. The highest BCUT2D eigenvalue weighted by Gasteiger charge is 2.45. The average Bonchev–Trinajstić information content (AvgIpc) is 1.21. The van der Waals surface area contributed by atoms with Crippen LogP contribution >= 0.6 is 0 Å². The van der Waals surface area contributed by atoms with E-state index >= 15 is 0 Å². The second kappa shape index (κ2) is 41.9. The molecule has 9 fully saturated rings. The van der Waals surface area contributed by atoms with Gasteiger partial charge in [0.15, 0.2) is 0 Å². The number of benzene rings is 1. The van der Waals surface area contributed by atoms with Gasteiger partial charge in [-0.2, -0.15) is 0 Å². The van der Waals surface area contributed by atoms with E-state index in [1.54, 1.807) is 19.1 Å². The molecule has 42 heteroatoms. The van der Waals surface area contributed by atoms with Gasteiger partial charge < -0.3 is 111 Å². The average molecular weight is 1640 g/mol. The highest BCUT2D eigenvalue weighted by Crippen LogP contribution is 2.28. The van der Waals surface area contributed by atoms with Crippen molar-refractivity contribution in [3.05, 3.63) is 40.2 Å². The second-order valence-corrected chi connectivity index (χ2v) is 30.7. The summed E-state index contributed by atoms with van der Waals surface area (Å²) in [7, 11) is 0. The van der Waals surface area contributed by atoms with Crippen molar-refractivity contribution >= 4 is 135 Å². The van der Waals surface area contributed by atoms with E-state index in [2.05, 4.69) is 58.5 Å². The Labute approximate surface area is 671 Å². The van der Waals surface area contributed by atoms with E-state index in [0.717, 1.165) is 36.6 Å². The number of carbonyl (C=O) groups excluding carboxylic acids is 20. The Morgan fingerprint density at radius 1 is 0.402 bits per heavy atom. The van der Waals surface area contributed by atoms with Crippen molar-refractivity contribution in [3.8, 4) is 0 Å². The van der Waals surface area contributed by atoms with Gasteiger partial charge in [-0.1, -0.05) is 19.3 Å². The molecule has 117 heavy (non-hydrogen) atoms. The molecule has 20 amide bonds. The summed E-state index contributed by atoms with van der Waals surface area (Å²) in [6.07, 6.45) is 10.2. The number of likely N-dealkylation sites (tertiary alicyclic amines) is 4. The smallest absolute Gasteiger partial charge is 0.336 e. The zero-order valence-corrected chi connectivity index (χ0v) is 65.6. The largest absolute Gasteiger partial charge is 0.423 e. The predicted molar refractivity (Wildman–Crippen MR) is 410 cm³/mol. The number of nitrogens with one attached hydrogen (secondary N) is 11. The number of amides is 20. The number of hydrogen-bond acceptors (Lipinski definition) is 22. The van der Waals surface area contributed by atoms with E-state index in [-0.39, 0.29) is 99.0 Å². The summed E-state index contributed by atoms with van der Waals surface area (Å²) in [6.45, 7) is 6.75. The van der Waals surface area contributed by atoms with Crippen LogP contribution in [0.3, 0.4) is 0 Å². The molecule has 638 valence electrons. The molecule has 1 saturated carbocycles.